The Labute approximate surface area is 173 Å². The van der Waals surface area contributed by atoms with Crippen molar-refractivity contribution in [2.24, 2.45) is 5.92 Å². The van der Waals surface area contributed by atoms with Crippen LogP contribution in [0.1, 0.15) is 94.9 Å². The molecule has 1 unspecified atom stereocenters. The predicted molar refractivity (Wildman–Crippen MR) is 115 cm³/mol. The number of hydrogen-bond donors (Lipinski definition) is 1. The Morgan fingerprint density at radius 3 is 2.41 bits per heavy atom. The lowest BCUT2D eigenvalue weighted by atomic mass is 9.82. The molecule has 1 aliphatic heterocycles. The molecule has 1 aromatic heterocycles. The molecular weight excluding hydrogens is 365 g/mol. The highest BCUT2D eigenvalue weighted by atomic mass is 19.1. The molecule has 2 aliphatic rings. The molecule has 4 rings (SSSR count). The van der Waals surface area contributed by atoms with E-state index in [1.165, 1.54) is 44.9 Å². The zero-order chi connectivity index (χ0) is 20.4. The number of amides is 1. The highest BCUT2D eigenvalue weighted by molar-refractivity contribution is 5.77. The first-order chi connectivity index (χ1) is 14.0. The third kappa shape index (κ3) is 4.34. The molecule has 1 saturated carbocycles. The molecule has 4 nitrogen and oxygen atoms in total. The van der Waals surface area contributed by atoms with Crippen molar-refractivity contribution in [3.63, 3.8) is 0 Å². The van der Waals surface area contributed by atoms with E-state index in [9.17, 15) is 4.79 Å². The summed E-state index contributed by atoms with van der Waals surface area (Å²) in [5.41, 5.74) is 2.06. The maximum atomic E-state index is 15.4. The van der Waals surface area contributed by atoms with E-state index in [1.807, 2.05) is 17.0 Å². The molecule has 0 spiro atoms. The highest BCUT2D eigenvalue weighted by Gasteiger charge is 2.27. The van der Waals surface area contributed by atoms with E-state index in [1.54, 1.807) is 6.92 Å². The quantitative estimate of drug-likeness (QED) is 0.699. The van der Waals surface area contributed by atoms with Gasteiger partial charge in [0.15, 0.2) is 5.82 Å². The number of benzene rings is 1. The third-order valence-electron chi connectivity index (χ3n) is 7.31. The van der Waals surface area contributed by atoms with Crippen LogP contribution in [0.25, 0.3) is 11.0 Å². The summed E-state index contributed by atoms with van der Waals surface area (Å²) < 4.78 is 15.4. The maximum absolute atomic E-state index is 15.4. The first kappa shape index (κ1) is 20.4. The van der Waals surface area contributed by atoms with Gasteiger partial charge in [-0.1, -0.05) is 45.1 Å². The Morgan fingerprint density at radius 2 is 1.76 bits per heavy atom. The number of fused-ring (bicyclic) bond motifs is 1. The summed E-state index contributed by atoms with van der Waals surface area (Å²) in [7, 11) is 0. The van der Waals surface area contributed by atoms with Crippen LogP contribution in [0, 0.1) is 11.7 Å². The summed E-state index contributed by atoms with van der Waals surface area (Å²) >= 11 is 0. The lowest BCUT2D eigenvalue weighted by Crippen LogP contribution is -2.36. The highest BCUT2D eigenvalue weighted by Crippen LogP contribution is 2.36. The van der Waals surface area contributed by atoms with Gasteiger partial charge in [0, 0.05) is 25.9 Å². The van der Waals surface area contributed by atoms with E-state index in [4.69, 9.17) is 4.98 Å². The molecule has 29 heavy (non-hydrogen) atoms. The Hall–Kier alpha value is -1.91. The molecule has 1 amide bonds. The van der Waals surface area contributed by atoms with Crippen LogP contribution in [0.5, 0.6) is 0 Å². The second kappa shape index (κ2) is 8.85. The van der Waals surface area contributed by atoms with Gasteiger partial charge in [0.25, 0.3) is 0 Å². The Balaban J connectivity index is 1.53. The molecule has 0 bridgehead atoms. The molecule has 5 heteroatoms. The topological polar surface area (TPSA) is 49.0 Å². The molecule has 0 radical (unpaired) electrons. The summed E-state index contributed by atoms with van der Waals surface area (Å²) in [6.45, 7) is 5.28. The van der Waals surface area contributed by atoms with Gasteiger partial charge in [-0.2, -0.15) is 0 Å². The fourth-order valence-electron chi connectivity index (χ4n) is 5.32. The van der Waals surface area contributed by atoms with Gasteiger partial charge in [0.2, 0.25) is 5.91 Å². The van der Waals surface area contributed by atoms with Crippen molar-refractivity contribution in [1.29, 1.82) is 0 Å². The lowest BCUT2D eigenvalue weighted by molar-refractivity contribution is -0.129. The van der Waals surface area contributed by atoms with Crippen LogP contribution in [-0.2, 0) is 4.79 Å². The van der Waals surface area contributed by atoms with Gasteiger partial charge < -0.3 is 9.88 Å². The number of carbonyl (C=O) groups is 1. The van der Waals surface area contributed by atoms with Crippen LogP contribution in [0.4, 0.5) is 4.39 Å². The zero-order valence-corrected chi connectivity index (χ0v) is 17.8. The number of rotatable bonds is 3. The number of nitrogens with one attached hydrogen (secondary N) is 1. The summed E-state index contributed by atoms with van der Waals surface area (Å²) in [6.07, 6.45) is 10.8. The zero-order valence-electron chi connectivity index (χ0n) is 17.8. The molecule has 158 valence electrons. The standard InChI is InChI=1S/C24H34FN3O/c1-16(18-8-6-4-3-5-7-9-18)24-26-21-11-10-20(22(25)23(21)27-24)19-12-14-28(15-13-19)17(2)29/h10-11,16,18-19H,3-9,12-15H2,1-2H3,(H,26,27). The molecule has 1 saturated heterocycles. The maximum Gasteiger partial charge on any atom is 0.219 e. The Kier molecular flexibility index (Phi) is 6.21. The summed E-state index contributed by atoms with van der Waals surface area (Å²) in [6, 6.07) is 3.92. The van der Waals surface area contributed by atoms with Crippen LogP contribution in [0.2, 0.25) is 0 Å². The van der Waals surface area contributed by atoms with Crippen LogP contribution >= 0.6 is 0 Å². The number of nitrogens with zero attached hydrogens (tertiary/aromatic N) is 2. The SMILES string of the molecule is CC(=O)N1CCC(c2ccc3[nH]c(C(C)C4CCCCCCC4)nc3c2F)CC1. The second-order valence-corrected chi connectivity index (χ2v) is 9.16. The molecule has 1 atom stereocenters. The second-order valence-electron chi connectivity index (χ2n) is 9.16. The average Bonchev–Trinajstić information content (AvgIpc) is 3.13. The molecule has 2 aromatic rings. The summed E-state index contributed by atoms with van der Waals surface area (Å²) in [5.74, 6) is 2.01. The number of halogens is 1. The molecule has 1 aliphatic carbocycles. The van der Waals surface area contributed by atoms with Crippen molar-refractivity contribution in [1.82, 2.24) is 14.9 Å². The smallest absolute Gasteiger partial charge is 0.219 e. The fraction of sp³-hybridized carbons (Fsp3) is 0.667. The summed E-state index contributed by atoms with van der Waals surface area (Å²) in [5, 5.41) is 0. The van der Waals surface area contributed by atoms with Gasteiger partial charge in [0.1, 0.15) is 11.3 Å². The van der Waals surface area contributed by atoms with E-state index >= 15 is 4.39 Å². The van der Waals surface area contributed by atoms with Gasteiger partial charge >= 0.3 is 0 Å². The van der Waals surface area contributed by atoms with Gasteiger partial charge in [-0.25, -0.2) is 9.37 Å². The monoisotopic (exact) mass is 399 g/mol. The van der Waals surface area contributed by atoms with Crippen molar-refractivity contribution in [2.45, 2.75) is 83.5 Å². The molecule has 1 aromatic carbocycles. The number of aromatic nitrogens is 2. The van der Waals surface area contributed by atoms with E-state index in [0.29, 0.717) is 30.4 Å². The number of aromatic amines is 1. The number of carbonyl (C=O) groups excluding carboxylic acids is 1. The van der Waals surface area contributed by atoms with Crippen molar-refractivity contribution < 1.29 is 9.18 Å². The lowest BCUT2D eigenvalue weighted by Gasteiger charge is -2.31. The van der Waals surface area contributed by atoms with Crippen molar-refractivity contribution in [3.05, 3.63) is 29.3 Å². The molecule has 2 heterocycles. The predicted octanol–water partition coefficient (Wildman–Crippen LogP) is 5.89. The Bertz CT molecular complexity index is 845. The van der Waals surface area contributed by atoms with Gasteiger partial charge in [-0.15, -0.1) is 0 Å². The number of H-pyrrole nitrogens is 1. The van der Waals surface area contributed by atoms with Gasteiger partial charge in [-0.05, 0) is 49.1 Å². The van der Waals surface area contributed by atoms with Crippen molar-refractivity contribution in [2.75, 3.05) is 13.1 Å². The fourth-order valence-corrected chi connectivity index (χ4v) is 5.32. The van der Waals surface area contributed by atoms with Crippen LogP contribution < -0.4 is 0 Å². The normalized spacial score (nSPS) is 21.1. The van der Waals surface area contributed by atoms with E-state index in [2.05, 4.69) is 11.9 Å². The number of hydrogen-bond acceptors (Lipinski definition) is 2. The van der Waals surface area contributed by atoms with Crippen molar-refractivity contribution >= 4 is 16.9 Å². The van der Waals surface area contributed by atoms with E-state index in [0.717, 1.165) is 29.7 Å². The number of piperidine rings is 1. The van der Waals surface area contributed by atoms with Crippen LogP contribution in [0.3, 0.4) is 0 Å². The molecule has 2 fully saturated rings. The van der Waals surface area contributed by atoms with Crippen LogP contribution in [0.15, 0.2) is 12.1 Å². The first-order valence-electron chi connectivity index (χ1n) is 11.5. The number of imidazole rings is 1. The minimum Gasteiger partial charge on any atom is -0.343 e. The minimum absolute atomic E-state index is 0.111. The van der Waals surface area contributed by atoms with E-state index < -0.39 is 0 Å². The molecule has 1 N–H and O–H groups in total. The van der Waals surface area contributed by atoms with Crippen molar-refractivity contribution in [3.8, 4) is 0 Å². The molecular formula is C24H34FN3O. The van der Waals surface area contributed by atoms with E-state index in [-0.39, 0.29) is 17.6 Å². The minimum atomic E-state index is -0.170. The first-order valence-corrected chi connectivity index (χ1v) is 11.5. The Morgan fingerprint density at radius 1 is 1.10 bits per heavy atom. The largest absolute Gasteiger partial charge is 0.343 e. The van der Waals surface area contributed by atoms with Crippen LogP contribution in [-0.4, -0.2) is 33.9 Å². The van der Waals surface area contributed by atoms with Gasteiger partial charge in [0.05, 0.1) is 5.52 Å². The number of likely N-dealkylation sites (tertiary alicyclic amines) is 1. The van der Waals surface area contributed by atoms with Gasteiger partial charge in [-0.3, -0.25) is 4.79 Å². The summed E-state index contributed by atoms with van der Waals surface area (Å²) in [4.78, 5) is 21.6. The average molecular weight is 400 g/mol. The third-order valence-corrected chi connectivity index (χ3v) is 7.31.